The maximum atomic E-state index is 14.5. The van der Waals surface area contributed by atoms with E-state index in [9.17, 15) is 39.0 Å². The summed E-state index contributed by atoms with van der Waals surface area (Å²) in [5.41, 5.74) is -6.45. The van der Waals surface area contributed by atoms with E-state index in [2.05, 4.69) is 0 Å². The number of aliphatic hydroxyl groups is 2. The number of carbonyl (C=O) groups is 6. The van der Waals surface area contributed by atoms with E-state index in [0.717, 1.165) is 0 Å². The first-order chi connectivity index (χ1) is 23.6. The van der Waals surface area contributed by atoms with E-state index in [4.69, 9.17) is 33.2 Å². The lowest BCUT2D eigenvalue weighted by Gasteiger charge is -2.61. The summed E-state index contributed by atoms with van der Waals surface area (Å²) < 4.78 is 42.6. The Hall–Kier alpha value is -3.56. The molecule has 51 heavy (non-hydrogen) atoms. The van der Waals surface area contributed by atoms with Crippen LogP contribution in [0.4, 0.5) is 0 Å². The molecule has 3 saturated heterocycles. The average molecular weight is 717 g/mol. The predicted octanol–water partition coefficient (Wildman–Crippen LogP) is 1.46. The molecule has 15 heteroatoms. The number of ether oxygens (including phenoxy) is 7. The predicted molar refractivity (Wildman–Crippen MR) is 165 cm³/mol. The number of epoxide rings is 2. The number of ketones is 1. The molecule has 18 atom stereocenters. The molecule has 278 valence electrons. The summed E-state index contributed by atoms with van der Waals surface area (Å²) in [6.45, 7) is 13.1. The van der Waals surface area contributed by atoms with Gasteiger partial charge in [-0.2, -0.15) is 0 Å². The molecule has 7 fully saturated rings. The van der Waals surface area contributed by atoms with Crippen LogP contribution >= 0.6 is 0 Å². The molecule has 0 aromatic heterocycles. The van der Waals surface area contributed by atoms with Gasteiger partial charge in [-0.25, -0.2) is 4.79 Å². The van der Waals surface area contributed by atoms with Crippen LogP contribution in [-0.4, -0.2) is 100.0 Å². The van der Waals surface area contributed by atoms with Crippen molar-refractivity contribution in [2.24, 2.45) is 51.8 Å². The minimum absolute atomic E-state index is 0.0946. The molecular formula is C36H44O15. The van der Waals surface area contributed by atoms with Crippen LogP contribution in [0.25, 0.3) is 0 Å². The van der Waals surface area contributed by atoms with E-state index in [-0.39, 0.29) is 12.0 Å². The topological polar surface area (TPSA) is 214 Å². The molecule has 0 bridgehead atoms. The Morgan fingerprint density at radius 1 is 0.784 bits per heavy atom. The molecule has 0 radical (unpaired) electrons. The van der Waals surface area contributed by atoms with E-state index in [1.807, 2.05) is 6.92 Å². The fourth-order valence-electron chi connectivity index (χ4n) is 12.6. The number of fused-ring (bicyclic) bond motifs is 9. The number of rotatable bonds is 4. The lowest BCUT2D eigenvalue weighted by atomic mass is 9.44. The standard InChI is InChI=1S/C36H44O15/c1-11-19-22(34(8)35(9,44)31(43)51-36(34)28(11)50-36)26(45-12(2)37)20-18-21(27(46-13(3)38)30(33(19,20)7)48-15(5)40)32(6)16(23(41)24(18)42)10-17-25(49-17)29(32)47-14(4)39/h11,16-17,19-22,25-30,42,44H,10H2,1-9H3/t11-,16+,17-,19?,20+,21?,22-,25-,26+,27-,28+,29-,30-,32-,33+,34-,35?,36-/m0/s1. The van der Waals surface area contributed by atoms with Crippen LogP contribution in [0.5, 0.6) is 0 Å². The van der Waals surface area contributed by atoms with Crippen LogP contribution in [0.2, 0.25) is 0 Å². The van der Waals surface area contributed by atoms with Crippen molar-refractivity contribution in [1.29, 1.82) is 0 Å². The minimum Gasteiger partial charge on any atom is -0.504 e. The molecule has 5 aliphatic carbocycles. The molecule has 8 aliphatic rings. The molecule has 1 spiro atoms. The number of hydrogen-bond acceptors (Lipinski definition) is 15. The van der Waals surface area contributed by atoms with Crippen LogP contribution in [0.3, 0.4) is 0 Å². The maximum absolute atomic E-state index is 14.5. The van der Waals surface area contributed by atoms with Crippen LogP contribution in [0.15, 0.2) is 11.3 Å². The highest BCUT2D eigenvalue weighted by Crippen LogP contribution is 2.81. The summed E-state index contributed by atoms with van der Waals surface area (Å²) in [4.78, 5) is 80.0. The van der Waals surface area contributed by atoms with Gasteiger partial charge in [0.25, 0.3) is 0 Å². The normalized spacial score (nSPS) is 53.8. The van der Waals surface area contributed by atoms with E-state index in [1.54, 1.807) is 20.8 Å². The highest BCUT2D eigenvalue weighted by molar-refractivity contribution is 5.98. The Balaban J connectivity index is 1.44. The van der Waals surface area contributed by atoms with Gasteiger partial charge in [0.2, 0.25) is 11.6 Å². The number of esters is 5. The molecule has 3 aliphatic heterocycles. The molecule has 2 N–H and O–H groups in total. The molecule has 3 unspecified atom stereocenters. The number of carbonyl (C=O) groups excluding carboxylic acids is 6. The van der Waals surface area contributed by atoms with Gasteiger partial charge in [-0.3, -0.25) is 24.0 Å². The largest absolute Gasteiger partial charge is 0.504 e. The molecule has 4 saturated carbocycles. The third kappa shape index (κ3) is 3.85. The van der Waals surface area contributed by atoms with E-state index >= 15 is 0 Å². The molecule has 3 heterocycles. The number of aliphatic hydroxyl groups excluding tert-OH is 1. The van der Waals surface area contributed by atoms with Gasteiger partial charge in [-0.1, -0.05) is 20.8 Å². The number of allylic oxidation sites excluding steroid dienone is 1. The lowest BCUT2D eigenvalue weighted by Crippen LogP contribution is -2.69. The van der Waals surface area contributed by atoms with Gasteiger partial charge in [-0.15, -0.1) is 0 Å². The maximum Gasteiger partial charge on any atom is 0.341 e. The van der Waals surface area contributed by atoms with E-state index < -0.39 is 147 Å². The molecule has 15 nitrogen and oxygen atoms in total. The van der Waals surface area contributed by atoms with Gasteiger partial charge in [0.1, 0.15) is 36.6 Å². The first kappa shape index (κ1) is 34.5. The zero-order valence-electron chi connectivity index (χ0n) is 29.9. The molecule has 0 amide bonds. The monoisotopic (exact) mass is 716 g/mol. The summed E-state index contributed by atoms with van der Waals surface area (Å²) >= 11 is 0. The van der Waals surface area contributed by atoms with Crippen molar-refractivity contribution >= 4 is 35.6 Å². The van der Waals surface area contributed by atoms with Crippen molar-refractivity contribution in [2.45, 2.75) is 123 Å². The van der Waals surface area contributed by atoms with Crippen LogP contribution in [0.1, 0.15) is 68.7 Å². The Morgan fingerprint density at radius 2 is 1.33 bits per heavy atom. The molecule has 0 aromatic carbocycles. The fraction of sp³-hybridized carbons (Fsp3) is 0.778. The van der Waals surface area contributed by atoms with Crippen molar-refractivity contribution in [3.05, 3.63) is 11.3 Å². The van der Waals surface area contributed by atoms with Gasteiger partial charge in [-0.05, 0) is 37.7 Å². The summed E-state index contributed by atoms with van der Waals surface area (Å²) in [6, 6.07) is 0. The lowest BCUT2D eigenvalue weighted by molar-refractivity contribution is -0.226. The molecule has 0 aromatic rings. The second-order valence-electron chi connectivity index (χ2n) is 16.8. The van der Waals surface area contributed by atoms with Gasteiger partial charge < -0.3 is 43.4 Å². The first-order valence-corrected chi connectivity index (χ1v) is 17.6. The Morgan fingerprint density at radius 3 is 1.92 bits per heavy atom. The summed E-state index contributed by atoms with van der Waals surface area (Å²) in [5, 5.41) is 24.3. The Bertz CT molecular complexity index is 1730. The van der Waals surface area contributed by atoms with Crippen LogP contribution in [0, 0.1) is 51.8 Å². The van der Waals surface area contributed by atoms with Crippen LogP contribution < -0.4 is 0 Å². The van der Waals surface area contributed by atoms with Crippen molar-refractivity contribution in [3.63, 3.8) is 0 Å². The fourth-order valence-corrected chi connectivity index (χ4v) is 12.6. The van der Waals surface area contributed by atoms with E-state index in [1.165, 1.54) is 34.6 Å². The Kier molecular flexibility index (Phi) is 6.84. The third-order valence-corrected chi connectivity index (χ3v) is 14.5. The number of hydrogen-bond donors (Lipinski definition) is 2. The Labute approximate surface area is 293 Å². The number of Topliss-reactive ketones (excluding diaryl/α,β-unsaturated/α-hetero) is 1. The highest BCUT2D eigenvalue weighted by Gasteiger charge is 2.93. The van der Waals surface area contributed by atoms with Crippen molar-refractivity contribution in [3.8, 4) is 0 Å². The summed E-state index contributed by atoms with van der Waals surface area (Å²) in [6.07, 6.45) is -6.55. The summed E-state index contributed by atoms with van der Waals surface area (Å²) in [5.74, 6) is -12.0. The van der Waals surface area contributed by atoms with Gasteiger partial charge >= 0.3 is 29.8 Å². The van der Waals surface area contributed by atoms with Crippen molar-refractivity contribution in [1.82, 2.24) is 0 Å². The molecule has 8 rings (SSSR count). The van der Waals surface area contributed by atoms with Crippen LogP contribution in [-0.2, 0) is 61.9 Å². The zero-order chi connectivity index (χ0) is 37.3. The smallest absolute Gasteiger partial charge is 0.341 e. The van der Waals surface area contributed by atoms with Gasteiger partial charge in [0, 0.05) is 62.2 Å². The van der Waals surface area contributed by atoms with E-state index in [0.29, 0.717) is 0 Å². The first-order valence-electron chi connectivity index (χ1n) is 17.6. The second kappa shape index (κ2) is 10.1. The SMILES string of the molecule is CC(=O)O[C@@H]1[C@H]2C3=C(O)C(=O)[C@H]4C[C@@H]5O[C@@H]5[C@H](OC(C)=O)[C@]4(C)C3[C@H](OC(C)=O)[C@H](OC(C)=O)[C@]2(C)C2[C@H](C)[C@H]3O[C@]34OC(=O)C(C)(O)[C@]4(C)[C@@H]21. The zero-order valence-corrected chi connectivity index (χ0v) is 29.9. The highest BCUT2D eigenvalue weighted by atomic mass is 16.8. The van der Waals surface area contributed by atoms with Gasteiger partial charge in [0.15, 0.2) is 11.4 Å². The quantitative estimate of drug-likeness (QED) is 0.239. The average Bonchev–Trinajstić information content (AvgIpc) is 3.92. The van der Waals surface area contributed by atoms with Crippen molar-refractivity contribution < 1.29 is 72.1 Å². The van der Waals surface area contributed by atoms with Crippen molar-refractivity contribution in [2.75, 3.05) is 0 Å². The van der Waals surface area contributed by atoms with Gasteiger partial charge in [0.05, 0.1) is 11.5 Å². The third-order valence-electron chi connectivity index (χ3n) is 14.5. The second-order valence-corrected chi connectivity index (χ2v) is 16.8. The summed E-state index contributed by atoms with van der Waals surface area (Å²) in [7, 11) is 0. The molecular weight excluding hydrogens is 672 g/mol. The minimum atomic E-state index is -2.17.